The maximum absolute atomic E-state index is 13.1. The molecule has 1 saturated heterocycles. The first-order chi connectivity index (χ1) is 15.2. The van der Waals surface area contributed by atoms with Gasteiger partial charge in [0.05, 0.1) is 5.71 Å². The van der Waals surface area contributed by atoms with E-state index in [2.05, 4.69) is 58.9 Å². The molecule has 2 aliphatic rings. The van der Waals surface area contributed by atoms with E-state index in [9.17, 15) is 9.59 Å². The highest BCUT2D eigenvalue weighted by atomic mass is 32.1. The number of rotatable bonds is 3. The topological polar surface area (TPSA) is 53.0 Å². The van der Waals surface area contributed by atoms with E-state index in [0.717, 1.165) is 58.2 Å². The molecule has 1 aromatic carbocycles. The fraction of sp³-hybridized carbons (Fsp3) is 0.500. The Balaban J connectivity index is 1.70. The zero-order valence-electron chi connectivity index (χ0n) is 19.8. The van der Waals surface area contributed by atoms with Gasteiger partial charge in [-0.2, -0.15) is 0 Å². The van der Waals surface area contributed by atoms with Crippen LogP contribution in [0.15, 0.2) is 29.3 Å². The number of aliphatic imine (C=N–C) groups is 1. The summed E-state index contributed by atoms with van der Waals surface area (Å²) in [6, 6.07) is 8.51. The minimum atomic E-state index is -0.112. The summed E-state index contributed by atoms with van der Waals surface area (Å²) in [5.74, 6) is -0.0788. The number of piperidine rings is 1. The summed E-state index contributed by atoms with van der Waals surface area (Å²) in [4.78, 5) is 35.6. The van der Waals surface area contributed by atoms with E-state index in [-0.39, 0.29) is 30.3 Å². The first-order valence-corrected chi connectivity index (χ1v) is 12.3. The van der Waals surface area contributed by atoms with Crippen molar-refractivity contribution in [1.29, 1.82) is 0 Å². The lowest BCUT2D eigenvalue weighted by molar-refractivity contribution is -0.132. The van der Waals surface area contributed by atoms with E-state index in [1.165, 1.54) is 12.0 Å². The standard InChI is InChI=1S/C26H33N3O2S/c1-17-18(2)32-25-23(17)24(19-9-11-20(12-10-19)26(3,4)5)27-15-21(30)29(25)16-22(31)28-13-7-6-8-14-28/h9-12H,6-8,13-16H2,1-5H3. The number of carbonyl (C=O) groups excluding carboxylic acids is 2. The van der Waals surface area contributed by atoms with Gasteiger partial charge in [0.15, 0.2) is 0 Å². The molecular weight excluding hydrogens is 418 g/mol. The van der Waals surface area contributed by atoms with Crippen molar-refractivity contribution in [3.63, 3.8) is 0 Å². The Labute approximate surface area is 195 Å². The van der Waals surface area contributed by atoms with Crippen LogP contribution < -0.4 is 4.90 Å². The third kappa shape index (κ3) is 4.38. The molecule has 3 heterocycles. The number of anilines is 1. The smallest absolute Gasteiger partial charge is 0.249 e. The third-order valence-electron chi connectivity index (χ3n) is 6.55. The van der Waals surface area contributed by atoms with Gasteiger partial charge in [0.2, 0.25) is 11.8 Å². The summed E-state index contributed by atoms with van der Waals surface area (Å²) in [5, 5.41) is 0.853. The molecule has 0 radical (unpaired) electrons. The van der Waals surface area contributed by atoms with Gasteiger partial charge in [0, 0.05) is 29.1 Å². The van der Waals surface area contributed by atoms with Crippen LogP contribution in [0.5, 0.6) is 0 Å². The number of aryl methyl sites for hydroxylation is 1. The van der Waals surface area contributed by atoms with Gasteiger partial charge in [-0.05, 0) is 49.7 Å². The predicted octanol–water partition coefficient (Wildman–Crippen LogP) is 4.86. The Kier molecular flexibility index (Phi) is 6.26. The molecule has 6 heteroatoms. The normalized spacial score (nSPS) is 17.2. The SMILES string of the molecule is Cc1sc2c(c1C)C(c1ccc(C(C)(C)C)cc1)=NCC(=O)N2CC(=O)N1CCCCC1. The van der Waals surface area contributed by atoms with Crippen LogP contribution in [0, 0.1) is 13.8 Å². The lowest BCUT2D eigenvalue weighted by Crippen LogP contribution is -2.45. The lowest BCUT2D eigenvalue weighted by atomic mass is 9.86. The van der Waals surface area contributed by atoms with Crippen LogP contribution >= 0.6 is 11.3 Å². The van der Waals surface area contributed by atoms with Crippen LogP contribution in [0.3, 0.4) is 0 Å². The van der Waals surface area contributed by atoms with E-state index in [1.807, 2.05) is 4.90 Å². The molecule has 0 saturated carbocycles. The fourth-order valence-corrected chi connectivity index (χ4v) is 5.58. The van der Waals surface area contributed by atoms with Crippen LogP contribution in [0.4, 0.5) is 5.00 Å². The second kappa shape index (κ2) is 8.81. The molecule has 0 unspecified atom stereocenters. The molecule has 170 valence electrons. The van der Waals surface area contributed by atoms with Crippen molar-refractivity contribution in [1.82, 2.24) is 4.90 Å². The number of fused-ring (bicyclic) bond motifs is 1. The molecule has 1 fully saturated rings. The molecule has 2 amide bonds. The van der Waals surface area contributed by atoms with Gasteiger partial charge in [-0.1, -0.05) is 45.0 Å². The number of hydrogen-bond donors (Lipinski definition) is 0. The van der Waals surface area contributed by atoms with Crippen molar-refractivity contribution in [3.8, 4) is 0 Å². The zero-order chi connectivity index (χ0) is 23.0. The predicted molar refractivity (Wildman–Crippen MR) is 132 cm³/mol. The molecule has 2 aromatic rings. The molecule has 1 aromatic heterocycles. The van der Waals surface area contributed by atoms with Gasteiger partial charge in [-0.25, -0.2) is 0 Å². The number of nitrogens with zero attached hydrogens (tertiary/aromatic N) is 3. The van der Waals surface area contributed by atoms with Crippen molar-refractivity contribution in [2.45, 2.75) is 59.3 Å². The first kappa shape index (κ1) is 22.7. The average Bonchev–Trinajstić information content (AvgIpc) is 2.98. The molecule has 0 spiro atoms. The van der Waals surface area contributed by atoms with Crippen LogP contribution in [0.1, 0.15) is 67.2 Å². The minimum absolute atomic E-state index is 0.0330. The van der Waals surface area contributed by atoms with Gasteiger partial charge in [-0.3, -0.25) is 19.5 Å². The third-order valence-corrected chi connectivity index (χ3v) is 7.78. The Morgan fingerprint density at radius 2 is 1.72 bits per heavy atom. The van der Waals surface area contributed by atoms with E-state index in [4.69, 9.17) is 4.99 Å². The fourth-order valence-electron chi connectivity index (χ4n) is 4.40. The Morgan fingerprint density at radius 1 is 1.06 bits per heavy atom. The average molecular weight is 452 g/mol. The number of benzene rings is 1. The zero-order valence-corrected chi connectivity index (χ0v) is 20.6. The first-order valence-electron chi connectivity index (χ1n) is 11.5. The van der Waals surface area contributed by atoms with Gasteiger partial charge < -0.3 is 4.90 Å². The van der Waals surface area contributed by atoms with Crippen molar-refractivity contribution in [2.24, 2.45) is 4.99 Å². The van der Waals surface area contributed by atoms with E-state index in [1.54, 1.807) is 16.2 Å². The maximum atomic E-state index is 13.1. The van der Waals surface area contributed by atoms with Crippen LogP contribution in [0.2, 0.25) is 0 Å². The summed E-state index contributed by atoms with van der Waals surface area (Å²) in [6.45, 7) is 12.5. The largest absolute Gasteiger partial charge is 0.341 e. The summed E-state index contributed by atoms with van der Waals surface area (Å²) in [6.07, 6.45) is 3.26. The lowest BCUT2D eigenvalue weighted by Gasteiger charge is -2.29. The highest BCUT2D eigenvalue weighted by Gasteiger charge is 2.32. The highest BCUT2D eigenvalue weighted by Crippen LogP contribution is 2.39. The van der Waals surface area contributed by atoms with Crippen LogP contribution in [-0.4, -0.2) is 48.6 Å². The highest BCUT2D eigenvalue weighted by molar-refractivity contribution is 7.17. The summed E-state index contributed by atoms with van der Waals surface area (Å²) < 4.78 is 0. The van der Waals surface area contributed by atoms with Crippen molar-refractivity contribution < 1.29 is 9.59 Å². The molecule has 4 rings (SSSR count). The van der Waals surface area contributed by atoms with Crippen molar-refractivity contribution in [2.75, 3.05) is 31.1 Å². The molecule has 0 bridgehead atoms. The quantitative estimate of drug-likeness (QED) is 0.669. The number of thiophene rings is 1. The maximum Gasteiger partial charge on any atom is 0.249 e. The van der Waals surface area contributed by atoms with Gasteiger partial charge in [0.25, 0.3) is 0 Å². The molecule has 5 nitrogen and oxygen atoms in total. The number of hydrogen-bond acceptors (Lipinski definition) is 4. The van der Waals surface area contributed by atoms with Crippen LogP contribution in [0.25, 0.3) is 0 Å². The van der Waals surface area contributed by atoms with E-state index >= 15 is 0 Å². The van der Waals surface area contributed by atoms with E-state index < -0.39 is 0 Å². The molecule has 2 aliphatic heterocycles. The summed E-state index contributed by atoms with van der Waals surface area (Å²) in [5.41, 5.74) is 5.33. The molecular formula is C26H33N3O2S. The second-order valence-electron chi connectivity index (χ2n) is 9.88. The monoisotopic (exact) mass is 451 g/mol. The summed E-state index contributed by atoms with van der Waals surface area (Å²) >= 11 is 1.59. The second-order valence-corrected chi connectivity index (χ2v) is 11.1. The van der Waals surface area contributed by atoms with Crippen LogP contribution in [-0.2, 0) is 15.0 Å². The number of likely N-dealkylation sites (tertiary alicyclic amines) is 1. The molecule has 32 heavy (non-hydrogen) atoms. The van der Waals surface area contributed by atoms with Gasteiger partial charge >= 0.3 is 0 Å². The Morgan fingerprint density at radius 3 is 2.34 bits per heavy atom. The molecule has 0 aliphatic carbocycles. The Hall–Kier alpha value is -2.47. The van der Waals surface area contributed by atoms with Crippen molar-refractivity contribution >= 4 is 33.9 Å². The summed E-state index contributed by atoms with van der Waals surface area (Å²) in [7, 11) is 0. The van der Waals surface area contributed by atoms with Gasteiger partial charge in [0.1, 0.15) is 18.1 Å². The van der Waals surface area contributed by atoms with Gasteiger partial charge in [-0.15, -0.1) is 11.3 Å². The van der Waals surface area contributed by atoms with Crippen molar-refractivity contribution in [3.05, 3.63) is 51.4 Å². The number of amides is 2. The van der Waals surface area contributed by atoms with E-state index in [0.29, 0.717) is 0 Å². The minimum Gasteiger partial charge on any atom is -0.341 e. The number of carbonyl (C=O) groups is 2. The molecule has 0 N–H and O–H groups in total. The Bertz CT molecular complexity index is 1050. The molecule has 0 atom stereocenters.